The molecule has 2 heterocycles. The van der Waals surface area contributed by atoms with Crippen LogP contribution in [0.1, 0.15) is 23.2 Å². The van der Waals surface area contributed by atoms with Crippen LogP contribution in [-0.2, 0) is 9.53 Å². The van der Waals surface area contributed by atoms with Gasteiger partial charge in [0, 0.05) is 46.6 Å². The third kappa shape index (κ3) is 6.65. The summed E-state index contributed by atoms with van der Waals surface area (Å²) < 4.78 is 12.9. The van der Waals surface area contributed by atoms with Crippen LogP contribution in [-0.4, -0.2) is 59.2 Å². The number of rotatable bonds is 9. The van der Waals surface area contributed by atoms with Gasteiger partial charge in [-0.2, -0.15) is 0 Å². The third-order valence-electron chi connectivity index (χ3n) is 6.59. The Labute approximate surface area is 242 Å². The van der Waals surface area contributed by atoms with Crippen LogP contribution >= 0.6 is 23.2 Å². The molecule has 206 valence electrons. The summed E-state index contributed by atoms with van der Waals surface area (Å²) in [6.07, 6.45) is 3.46. The first kappa shape index (κ1) is 27.7. The van der Waals surface area contributed by atoms with Gasteiger partial charge in [0.15, 0.2) is 0 Å². The fourth-order valence-corrected chi connectivity index (χ4v) is 4.80. The number of methoxy groups -OCH3 is 1. The zero-order valence-corrected chi connectivity index (χ0v) is 23.4. The van der Waals surface area contributed by atoms with E-state index in [1.54, 1.807) is 48.1 Å². The highest BCUT2D eigenvalue weighted by Gasteiger charge is 2.26. The lowest BCUT2D eigenvalue weighted by Crippen LogP contribution is -2.42. The van der Waals surface area contributed by atoms with Crippen LogP contribution in [0.5, 0.6) is 5.75 Å². The molecule has 5 rings (SSSR count). The predicted octanol–water partition coefficient (Wildman–Crippen LogP) is 6.11. The summed E-state index contributed by atoms with van der Waals surface area (Å²) in [6, 6.07) is 21.3. The number of hydrogen-bond acceptors (Lipinski definition) is 5. The van der Waals surface area contributed by atoms with Crippen LogP contribution in [0.3, 0.4) is 0 Å². The Hall–Kier alpha value is -3.85. The van der Waals surface area contributed by atoms with Gasteiger partial charge in [0.2, 0.25) is 11.9 Å². The Bertz CT molecular complexity index is 1480. The Morgan fingerprint density at radius 3 is 2.48 bits per heavy atom. The lowest BCUT2D eigenvalue weighted by Gasteiger charge is -2.25. The minimum atomic E-state index is -0.391. The van der Waals surface area contributed by atoms with E-state index in [1.807, 2.05) is 42.6 Å². The Morgan fingerprint density at radius 2 is 1.80 bits per heavy atom. The number of carbonyl (C=O) groups excluding carboxylic acids is 2. The fourth-order valence-electron chi connectivity index (χ4n) is 4.55. The number of halogens is 2. The van der Waals surface area contributed by atoms with E-state index < -0.39 is 5.91 Å². The van der Waals surface area contributed by atoms with Gasteiger partial charge in [0.25, 0.3) is 5.91 Å². The molecule has 0 aliphatic carbocycles. The van der Waals surface area contributed by atoms with Crippen LogP contribution in [0, 0.1) is 0 Å². The van der Waals surface area contributed by atoms with E-state index in [-0.39, 0.29) is 18.6 Å². The van der Waals surface area contributed by atoms with Gasteiger partial charge in [0.1, 0.15) is 12.3 Å². The number of hydrogen-bond donors (Lipinski definition) is 1. The minimum absolute atomic E-state index is 0.126. The third-order valence-corrected chi connectivity index (χ3v) is 7.09. The van der Waals surface area contributed by atoms with Crippen molar-refractivity contribution in [3.05, 3.63) is 94.6 Å². The number of benzene rings is 3. The number of amides is 2. The summed E-state index contributed by atoms with van der Waals surface area (Å²) in [6.45, 7) is 0.767. The number of anilines is 1. The van der Waals surface area contributed by atoms with E-state index in [0.29, 0.717) is 46.2 Å². The van der Waals surface area contributed by atoms with Gasteiger partial charge in [-0.1, -0.05) is 41.4 Å². The van der Waals surface area contributed by atoms with E-state index in [0.717, 1.165) is 24.1 Å². The molecule has 4 aromatic rings. The van der Waals surface area contributed by atoms with Crippen molar-refractivity contribution in [1.82, 2.24) is 14.5 Å². The van der Waals surface area contributed by atoms with Gasteiger partial charge in [-0.25, -0.2) is 4.98 Å². The standard InChI is InChI=1S/C30H28Cl2N4O4/c1-39-25-5-2-4-24(16-25)36-18-27(20-7-11-22(31)12-8-20)33-30(36)34-28(37)19-35(17-26-6-3-15-40-26)29(38)21-9-13-23(32)14-10-21/h2,4-5,7-14,16,18,26H,3,6,15,17,19H2,1H3,(H,33,34,37)/t26-/m0/s1. The molecule has 1 aliphatic rings. The SMILES string of the molecule is COc1cccc(-n2cc(-c3ccc(Cl)cc3)nc2NC(=O)CN(C[C@@H]2CCCO2)C(=O)c2ccc(Cl)cc2)c1. The molecule has 1 atom stereocenters. The van der Waals surface area contributed by atoms with Crippen molar-refractivity contribution >= 4 is 41.0 Å². The van der Waals surface area contributed by atoms with Gasteiger partial charge in [-0.15, -0.1) is 0 Å². The highest BCUT2D eigenvalue weighted by atomic mass is 35.5. The van der Waals surface area contributed by atoms with E-state index in [9.17, 15) is 9.59 Å². The molecule has 1 fully saturated rings. The van der Waals surface area contributed by atoms with Crippen LogP contribution in [0.15, 0.2) is 79.0 Å². The second kappa shape index (κ2) is 12.6. The van der Waals surface area contributed by atoms with Crippen molar-refractivity contribution in [3.8, 4) is 22.7 Å². The van der Waals surface area contributed by atoms with Crippen LogP contribution in [0.4, 0.5) is 5.95 Å². The first-order valence-electron chi connectivity index (χ1n) is 12.9. The molecule has 0 spiro atoms. The van der Waals surface area contributed by atoms with Crippen molar-refractivity contribution in [2.24, 2.45) is 0 Å². The Morgan fingerprint density at radius 1 is 1.07 bits per heavy atom. The molecule has 2 amide bonds. The quantitative estimate of drug-likeness (QED) is 0.259. The molecule has 0 unspecified atom stereocenters. The topological polar surface area (TPSA) is 85.7 Å². The van der Waals surface area contributed by atoms with Crippen molar-refractivity contribution in [2.45, 2.75) is 18.9 Å². The molecule has 1 aliphatic heterocycles. The smallest absolute Gasteiger partial charge is 0.254 e. The number of carbonyl (C=O) groups is 2. The molecular formula is C30H28Cl2N4O4. The van der Waals surface area contributed by atoms with E-state index in [1.165, 1.54) is 4.90 Å². The van der Waals surface area contributed by atoms with Crippen LogP contribution in [0.2, 0.25) is 10.0 Å². The fraction of sp³-hybridized carbons (Fsp3) is 0.233. The summed E-state index contributed by atoms with van der Waals surface area (Å²) in [5.74, 6) is 0.296. The summed E-state index contributed by atoms with van der Waals surface area (Å²) in [5.41, 5.74) is 2.66. The van der Waals surface area contributed by atoms with Gasteiger partial charge in [-0.3, -0.25) is 19.5 Å². The first-order valence-corrected chi connectivity index (χ1v) is 13.6. The second-order valence-corrected chi connectivity index (χ2v) is 10.3. The van der Waals surface area contributed by atoms with Crippen molar-refractivity contribution in [2.75, 3.05) is 32.1 Å². The lowest BCUT2D eigenvalue weighted by molar-refractivity contribution is -0.117. The zero-order valence-electron chi connectivity index (χ0n) is 21.8. The Kier molecular flexibility index (Phi) is 8.69. The van der Waals surface area contributed by atoms with E-state index in [2.05, 4.69) is 5.32 Å². The molecule has 40 heavy (non-hydrogen) atoms. The number of nitrogens with one attached hydrogen (secondary N) is 1. The van der Waals surface area contributed by atoms with E-state index >= 15 is 0 Å². The number of aromatic nitrogens is 2. The summed E-state index contributed by atoms with van der Waals surface area (Å²) in [4.78, 5) is 33.0. The molecule has 10 heteroatoms. The molecule has 0 bridgehead atoms. The van der Waals surface area contributed by atoms with Gasteiger partial charge in [0.05, 0.1) is 24.6 Å². The molecule has 0 radical (unpaired) electrons. The Balaban J connectivity index is 1.42. The van der Waals surface area contributed by atoms with Crippen LogP contribution < -0.4 is 10.1 Å². The maximum absolute atomic E-state index is 13.4. The molecule has 1 saturated heterocycles. The number of imidazole rings is 1. The molecule has 1 aromatic heterocycles. The summed E-state index contributed by atoms with van der Waals surface area (Å²) in [5, 5.41) is 4.05. The monoisotopic (exact) mass is 578 g/mol. The highest BCUT2D eigenvalue weighted by molar-refractivity contribution is 6.31. The second-order valence-electron chi connectivity index (χ2n) is 9.40. The average Bonchev–Trinajstić information content (AvgIpc) is 3.63. The number of ether oxygens (including phenoxy) is 2. The van der Waals surface area contributed by atoms with Crippen LogP contribution in [0.25, 0.3) is 16.9 Å². The van der Waals surface area contributed by atoms with Crippen molar-refractivity contribution in [3.63, 3.8) is 0 Å². The molecule has 1 N–H and O–H groups in total. The van der Waals surface area contributed by atoms with Gasteiger partial charge in [-0.05, 0) is 61.4 Å². The maximum atomic E-state index is 13.4. The molecule has 3 aromatic carbocycles. The van der Waals surface area contributed by atoms with Crippen molar-refractivity contribution < 1.29 is 19.1 Å². The van der Waals surface area contributed by atoms with Gasteiger partial charge < -0.3 is 14.4 Å². The molecule has 8 nitrogen and oxygen atoms in total. The summed E-state index contributed by atoms with van der Waals surface area (Å²) >= 11 is 12.1. The molecular weight excluding hydrogens is 551 g/mol. The average molecular weight is 579 g/mol. The molecule has 0 saturated carbocycles. The lowest BCUT2D eigenvalue weighted by atomic mass is 10.1. The van der Waals surface area contributed by atoms with Gasteiger partial charge >= 0.3 is 0 Å². The minimum Gasteiger partial charge on any atom is -0.497 e. The first-order chi connectivity index (χ1) is 19.4. The van der Waals surface area contributed by atoms with Crippen molar-refractivity contribution in [1.29, 1.82) is 0 Å². The van der Waals surface area contributed by atoms with E-state index in [4.69, 9.17) is 37.7 Å². The zero-order chi connectivity index (χ0) is 28.1. The largest absolute Gasteiger partial charge is 0.497 e. The summed E-state index contributed by atoms with van der Waals surface area (Å²) in [7, 11) is 1.59. The maximum Gasteiger partial charge on any atom is 0.254 e. The number of nitrogens with zero attached hydrogens (tertiary/aromatic N) is 3. The highest BCUT2D eigenvalue weighted by Crippen LogP contribution is 2.27. The predicted molar refractivity (Wildman–Crippen MR) is 156 cm³/mol. The normalized spacial score (nSPS) is 14.6.